The van der Waals surface area contributed by atoms with Crippen LogP contribution in [0.3, 0.4) is 0 Å². The van der Waals surface area contributed by atoms with Crippen LogP contribution in [0.1, 0.15) is 18.5 Å². The van der Waals surface area contributed by atoms with Crippen molar-refractivity contribution in [1.82, 2.24) is 0 Å². The van der Waals surface area contributed by atoms with Crippen molar-refractivity contribution in [3.63, 3.8) is 0 Å². The molecule has 0 aromatic heterocycles. The molecule has 1 aromatic rings. The Morgan fingerprint density at radius 2 is 1.89 bits per heavy atom. The van der Waals surface area contributed by atoms with Crippen molar-refractivity contribution in [3.8, 4) is 0 Å². The van der Waals surface area contributed by atoms with Crippen molar-refractivity contribution < 1.29 is 26.0 Å². The number of benzene rings is 1. The van der Waals surface area contributed by atoms with Gasteiger partial charge in [0, 0.05) is 5.56 Å². The van der Waals surface area contributed by atoms with Crippen LogP contribution in [0.5, 0.6) is 0 Å². The lowest BCUT2D eigenvalue weighted by Crippen LogP contribution is -3.00. The maximum atomic E-state index is 9.92. The van der Waals surface area contributed by atoms with E-state index in [0.29, 0.717) is 6.54 Å². The average molecular weight is 268 g/mol. The predicted octanol–water partition coefficient (Wildman–Crippen LogP) is -2.66. The van der Waals surface area contributed by atoms with E-state index in [1.165, 1.54) is 0 Å². The highest BCUT2D eigenvalue weighted by Gasteiger charge is 2.43. The molecule has 0 amide bonds. The maximum absolute atomic E-state index is 9.92. The van der Waals surface area contributed by atoms with Gasteiger partial charge in [-0.2, -0.15) is 0 Å². The zero-order valence-corrected chi connectivity index (χ0v) is 11.2. The second-order valence-corrected chi connectivity index (χ2v) is 5.37. The largest absolute Gasteiger partial charge is 0.390 e. The summed E-state index contributed by atoms with van der Waals surface area (Å²) in [6, 6.07) is 9.82. The Morgan fingerprint density at radius 3 is 2.42 bits per heavy atom. The van der Waals surface area contributed by atoms with Gasteiger partial charge in [0.05, 0.1) is 6.61 Å². The Morgan fingerprint density at radius 1 is 1.21 bits per heavy atom. The highest BCUT2D eigenvalue weighted by atomic mass is 16.3. The summed E-state index contributed by atoms with van der Waals surface area (Å²) in [6.07, 6.45) is -1.36. The van der Waals surface area contributed by atoms with E-state index in [0.717, 1.165) is 5.56 Å². The molecule has 0 aliphatic carbocycles. The first-order valence-corrected chi connectivity index (χ1v) is 6.83. The van der Waals surface area contributed by atoms with Crippen molar-refractivity contribution in [2.75, 3.05) is 13.2 Å². The Hall–Kier alpha value is -0.980. The molecule has 5 heteroatoms. The van der Waals surface area contributed by atoms with Gasteiger partial charge in [0.1, 0.15) is 30.8 Å². The molecule has 0 radical (unpaired) electrons. The number of aliphatic hydroxyl groups excluding tert-OH is 3. The molecule has 0 spiro atoms. The van der Waals surface area contributed by atoms with E-state index in [2.05, 4.69) is 0 Å². The monoisotopic (exact) mass is 268 g/mol. The molecule has 1 fully saturated rings. The van der Waals surface area contributed by atoms with Crippen LogP contribution in [0.2, 0.25) is 0 Å². The first kappa shape index (κ1) is 14.4. The highest BCUT2D eigenvalue weighted by molar-refractivity contribution is 5.16. The number of nitrogens with two attached hydrogens (primary N) is 2. The zero-order valence-electron chi connectivity index (χ0n) is 11.2. The van der Waals surface area contributed by atoms with Gasteiger partial charge in [-0.3, -0.25) is 0 Å². The number of quaternary nitrogens is 2. The van der Waals surface area contributed by atoms with E-state index in [4.69, 9.17) is 0 Å². The molecule has 0 saturated carbocycles. The minimum Gasteiger partial charge on any atom is -0.390 e. The Labute approximate surface area is 113 Å². The van der Waals surface area contributed by atoms with E-state index in [1.807, 2.05) is 47.9 Å². The SMILES string of the molecule is C[C@H]1[NH2+][C@H](C[NH2+][C@@H](CO)c2ccccc2)[C@@H](O)[C@H]1O. The van der Waals surface area contributed by atoms with Gasteiger partial charge >= 0.3 is 0 Å². The fourth-order valence-electron chi connectivity index (χ4n) is 2.74. The van der Waals surface area contributed by atoms with Crippen molar-refractivity contribution in [1.29, 1.82) is 0 Å². The van der Waals surface area contributed by atoms with E-state index in [9.17, 15) is 15.3 Å². The van der Waals surface area contributed by atoms with Gasteiger partial charge in [-0.05, 0) is 6.92 Å². The molecular weight excluding hydrogens is 244 g/mol. The van der Waals surface area contributed by atoms with Crippen molar-refractivity contribution in [2.24, 2.45) is 0 Å². The Bertz CT molecular complexity index is 388. The van der Waals surface area contributed by atoms with Gasteiger partial charge in [-0.25, -0.2) is 0 Å². The molecule has 5 nitrogen and oxygen atoms in total. The standard InChI is InChI=1S/C14H22N2O3/c1-9-13(18)14(19)11(16-9)7-15-12(8-17)10-5-3-2-4-6-10/h2-6,9,11-19H,7-8H2,1H3/p+2/t9-,11-,12+,13+,14-/m1/s1. The van der Waals surface area contributed by atoms with Crippen molar-refractivity contribution in [3.05, 3.63) is 35.9 Å². The number of hydrogen-bond acceptors (Lipinski definition) is 3. The van der Waals surface area contributed by atoms with Crippen LogP contribution in [0.25, 0.3) is 0 Å². The predicted molar refractivity (Wildman–Crippen MR) is 70.3 cm³/mol. The van der Waals surface area contributed by atoms with Crippen LogP contribution < -0.4 is 10.6 Å². The summed E-state index contributed by atoms with van der Waals surface area (Å²) in [7, 11) is 0. The molecule has 19 heavy (non-hydrogen) atoms. The first-order chi connectivity index (χ1) is 9.13. The summed E-state index contributed by atoms with van der Waals surface area (Å²) in [6.45, 7) is 2.64. The minimum atomic E-state index is -0.693. The third-order valence-corrected chi connectivity index (χ3v) is 4.00. The summed E-state index contributed by atoms with van der Waals surface area (Å²) in [5, 5.41) is 33.2. The summed E-state index contributed by atoms with van der Waals surface area (Å²) >= 11 is 0. The van der Waals surface area contributed by atoms with E-state index in [-0.39, 0.29) is 24.7 Å². The molecule has 5 atom stereocenters. The van der Waals surface area contributed by atoms with E-state index >= 15 is 0 Å². The Balaban J connectivity index is 1.91. The van der Waals surface area contributed by atoms with Gasteiger partial charge in [-0.1, -0.05) is 30.3 Å². The average Bonchev–Trinajstić information content (AvgIpc) is 2.68. The normalized spacial score (nSPS) is 32.4. The minimum absolute atomic E-state index is 0.0187. The zero-order chi connectivity index (χ0) is 13.8. The van der Waals surface area contributed by atoms with Gasteiger partial charge in [0.25, 0.3) is 0 Å². The second-order valence-electron chi connectivity index (χ2n) is 5.37. The number of rotatable bonds is 5. The fourth-order valence-corrected chi connectivity index (χ4v) is 2.74. The molecule has 1 aliphatic heterocycles. The number of aliphatic hydroxyl groups is 3. The molecule has 7 N–H and O–H groups in total. The third kappa shape index (κ3) is 3.32. The maximum Gasteiger partial charge on any atom is 0.165 e. The molecule has 1 saturated heterocycles. The lowest BCUT2D eigenvalue weighted by Gasteiger charge is -2.17. The topological polar surface area (TPSA) is 93.9 Å². The summed E-state index contributed by atoms with van der Waals surface area (Å²) < 4.78 is 0. The Kier molecular flexibility index (Phi) is 4.90. The van der Waals surface area contributed by atoms with Crippen LogP contribution in [0, 0.1) is 0 Å². The van der Waals surface area contributed by atoms with Crippen LogP contribution in [0.4, 0.5) is 0 Å². The van der Waals surface area contributed by atoms with Crippen molar-refractivity contribution in [2.45, 2.75) is 37.3 Å². The van der Waals surface area contributed by atoms with E-state index < -0.39 is 12.2 Å². The van der Waals surface area contributed by atoms with E-state index in [1.54, 1.807) is 0 Å². The van der Waals surface area contributed by atoms with Crippen LogP contribution in [-0.4, -0.2) is 52.8 Å². The molecule has 0 unspecified atom stereocenters. The lowest BCUT2D eigenvalue weighted by molar-refractivity contribution is -0.772. The molecule has 0 bridgehead atoms. The third-order valence-electron chi connectivity index (χ3n) is 4.00. The number of hydrogen-bond donors (Lipinski definition) is 5. The molecule has 1 aliphatic rings. The molecule has 1 aromatic carbocycles. The quantitative estimate of drug-likeness (QED) is 0.403. The summed E-state index contributed by atoms with van der Waals surface area (Å²) in [5.74, 6) is 0. The van der Waals surface area contributed by atoms with Gasteiger partial charge in [0.2, 0.25) is 0 Å². The highest BCUT2D eigenvalue weighted by Crippen LogP contribution is 2.08. The lowest BCUT2D eigenvalue weighted by atomic mass is 10.1. The summed E-state index contributed by atoms with van der Waals surface area (Å²) in [4.78, 5) is 0. The van der Waals surface area contributed by atoms with Crippen molar-refractivity contribution >= 4 is 0 Å². The fraction of sp³-hybridized carbons (Fsp3) is 0.571. The second kappa shape index (κ2) is 6.45. The van der Waals surface area contributed by atoms with Crippen LogP contribution in [-0.2, 0) is 0 Å². The van der Waals surface area contributed by atoms with Gasteiger partial charge in [-0.15, -0.1) is 0 Å². The van der Waals surface area contributed by atoms with Crippen LogP contribution in [0.15, 0.2) is 30.3 Å². The molecule has 2 rings (SSSR count). The summed E-state index contributed by atoms with van der Waals surface area (Å²) in [5.41, 5.74) is 1.08. The van der Waals surface area contributed by atoms with Gasteiger partial charge < -0.3 is 26.0 Å². The first-order valence-electron chi connectivity index (χ1n) is 6.83. The molecule has 1 heterocycles. The van der Waals surface area contributed by atoms with Crippen LogP contribution >= 0.6 is 0 Å². The smallest absolute Gasteiger partial charge is 0.165 e. The van der Waals surface area contributed by atoms with Gasteiger partial charge in [0.15, 0.2) is 6.04 Å². The molecular formula is C14H24N2O3+2. The molecule has 106 valence electrons.